The first-order valence-corrected chi connectivity index (χ1v) is 12.2. The molecule has 4 rings (SSSR count). The highest BCUT2D eigenvalue weighted by Gasteiger charge is 2.26. The van der Waals surface area contributed by atoms with E-state index < -0.39 is 5.91 Å². The predicted octanol–water partition coefficient (Wildman–Crippen LogP) is 2.39. The Bertz CT molecular complexity index is 1290. The van der Waals surface area contributed by atoms with Gasteiger partial charge in [-0.05, 0) is 61.8 Å². The number of aromatic nitrogens is 2. The average molecular weight is 526 g/mol. The molecule has 0 spiro atoms. The Morgan fingerprint density at radius 2 is 2.03 bits per heavy atom. The van der Waals surface area contributed by atoms with Crippen LogP contribution in [0.3, 0.4) is 0 Å². The van der Waals surface area contributed by atoms with E-state index in [4.69, 9.17) is 39.3 Å². The van der Waals surface area contributed by atoms with Gasteiger partial charge in [0, 0.05) is 36.2 Å². The summed E-state index contributed by atoms with van der Waals surface area (Å²) in [5.41, 5.74) is 27.1. The minimum Gasteiger partial charge on any atom is -0.402 e. The van der Waals surface area contributed by atoms with Crippen LogP contribution < -0.4 is 22.9 Å². The Labute approximate surface area is 221 Å². The maximum atomic E-state index is 11.4. The van der Waals surface area contributed by atoms with E-state index in [1.54, 1.807) is 19.2 Å². The Hall–Kier alpha value is -3.94. The number of likely N-dealkylation sites (tertiary alicyclic amines) is 1. The second-order valence-corrected chi connectivity index (χ2v) is 9.14. The third-order valence-corrected chi connectivity index (χ3v) is 6.59. The number of aromatic amines is 1. The van der Waals surface area contributed by atoms with E-state index in [0.29, 0.717) is 22.9 Å². The van der Waals surface area contributed by atoms with Crippen molar-refractivity contribution in [2.75, 3.05) is 31.7 Å². The smallest absolute Gasteiger partial charge is 0.255 e. The number of hydrogen-bond acceptors (Lipinski definition) is 7. The van der Waals surface area contributed by atoms with E-state index in [-0.39, 0.29) is 29.0 Å². The molecule has 10 nitrogen and oxygen atoms in total. The average Bonchev–Trinajstić information content (AvgIpc) is 3.59. The number of carbonyl (C=O) groups excluding carboxylic acids is 2. The van der Waals surface area contributed by atoms with E-state index in [1.165, 1.54) is 6.08 Å². The van der Waals surface area contributed by atoms with Crippen molar-refractivity contribution in [3.8, 4) is 11.8 Å². The summed E-state index contributed by atoms with van der Waals surface area (Å²) in [6.45, 7) is 4.95. The van der Waals surface area contributed by atoms with Crippen LogP contribution >= 0.6 is 11.6 Å². The minimum atomic E-state index is -0.708. The van der Waals surface area contributed by atoms with Gasteiger partial charge in [0.1, 0.15) is 11.3 Å². The molecule has 0 saturated carbocycles. The fraction of sp³-hybridized carbons (Fsp3) is 0.346. The van der Waals surface area contributed by atoms with Gasteiger partial charge in [0.15, 0.2) is 5.82 Å². The molecule has 37 heavy (non-hydrogen) atoms. The zero-order chi connectivity index (χ0) is 27.1. The summed E-state index contributed by atoms with van der Waals surface area (Å²) >= 11 is 6.34. The fourth-order valence-corrected chi connectivity index (χ4v) is 4.67. The fourth-order valence-electron chi connectivity index (χ4n) is 4.46. The van der Waals surface area contributed by atoms with Gasteiger partial charge in [-0.1, -0.05) is 24.1 Å². The SMILES string of the molecule is C=CC(=O)N1CCCC1COC.NC(=O)c1c(N)n[nH]c1C#Cc1cc(N)c(C2=C(N)CCC2)cc1Cl. The van der Waals surface area contributed by atoms with Gasteiger partial charge in [-0.15, -0.1) is 0 Å². The van der Waals surface area contributed by atoms with Gasteiger partial charge >= 0.3 is 0 Å². The molecule has 0 bridgehead atoms. The number of carbonyl (C=O) groups is 2. The summed E-state index contributed by atoms with van der Waals surface area (Å²) in [7, 11) is 1.66. The van der Waals surface area contributed by atoms with Crippen molar-refractivity contribution in [3.05, 3.63) is 57.9 Å². The molecule has 1 saturated heterocycles. The number of ether oxygens (including phenoxy) is 1. The van der Waals surface area contributed by atoms with Crippen molar-refractivity contribution in [2.24, 2.45) is 11.5 Å². The Morgan fingerprint density at radius 3 is 2.65 bits per heavy atom. The van der Waals surface area contributed by atoms with Crippen molar-refractivity contribution in [1.29, 1.82) is 0 Å². The maximum Gasteiger partial charge on any atom is 0.255 e. The molecule has 1 aromatic heterocycles. The molecule has 2 aliphatic rings. The molecule has 0 radical (unpaired) electrons. The third kappa shape index (κ3) is 6.44. The Balaban J connectivity index is 0.000000266. The van der Waals surface area contributed by atoms with Gasteiger partial charge in [0.2, 0.25) is 5.91 Å². The normalized spacial score (nSPS) is 16.6. The van der Waals surface area contributed by atoms with Crippen LogP contribution in [-0.4, -0.2) is 53.2 Å². The summed E-state index contributed by atoms with van der Waals surface area (Å²) in [5.74, 6) is 4.95. The lowest BCUT2D eigenvalue weighted by Crippen LogP contribution is -2.36. The molecule has 196 valence electrons. The van der Waals surface area contributed by atoms with Crippen LogP contribution in [0.5, 0.6) is 0 Å². The number of allylic oxidation sites excluding steroid dienone is 2. The van der Waals surface area contributed by atoms with Gasteiger partial charge in [-0.25, -0.2) is 0 Å². The summed E-state index contributed by atoms with van der Waals surface area (Å²) in [6, 6.07) is 3.72. The summed E-state index contributed by atoms with van der Waals surface area (Å²) in [5, 5.41) is 6.75. The van der Waals surface area contributed by atoms with Gasteiger partial charge in [0.05, 0.1) is 17.7 Å². The highest BCUT2D eigenvalue weighted by atomic mass is 35.5. The highest BCUT2D eigenvalue weighted by Crippen LogP contribution is 2.36. The van der Waals surface area contributed by atoms with Gasteiger partial charge in [0.25, 0.3) is 5.91 Å². The van der Waals surface area contributed by atoms with Crippen molar-refractivity contribution < 1.29 is 14.3 Å². The summed E-state index contributed by atoms with van der Waals surface area (Å²) in [6.07, 6.45) is 6.25. The topological polar surface area (TPSA) is 179 Å². The minimum absolute atomic E-state index is 0.00130. The molecule has 11 heteroatoms. The molecule has 2 heterocycles. The molecule has 1 unspecified atom stereocenters. The molecule has 1 aliphatic carbocycles. The van der Waals surface area contributed by atoms with Crippen LogP contribution in [0.2, 0.25) is 5.02 Å². The Kier molecular flexibility index (Phi) is 9.22. The van der Waals surface area contributed by atoms with Crippen molar-refractivity contribution in [1.82, 2.24) is 15.1 Å². The number of rotatable bonds is 5. The zero-order valence-electron chi connectivity index (χ0n) is 20.8. The molecule has 9 N–H and O–H groups in total. The van der Waals surface area contributed by atoms with Crippen molar-refractivity contribution in [3.63, 3.8) is 0 Å². The molecular weight excluding hydrogens is 494 g/mol. The quantitative estimate of drug-likeness (QED) is 0.226. The number of primary amides is 1. The van der Waals surface area contributed by atoms with Gasteiger partial charge < -0.3 is 32.6 Å². The van der Waals surface area contributed by atoms with Crippen LogP contribution in [-0.2, 0) is 9.53 Å². The van der Waals surface area contributed by atoms with Crippen LogP contribution in [0.15, 0.2) is 30.5 Å². The van der Waals surface area contributed by atoms with E-state index in [1.807, 2.05) is 4.90 Å². The molecule has 1 aliphatic heterocycles. The largest absolute Gasteiger partial charge is 0.402 e. The van der Waals surface area contributed by atoms with Crippen LogP contribution in [0.4, 0.5) is 11.5 Å². The first kappa shape index (κ1) is 27.6. The number of methoxy groups -OCH3 is 1. The summed E-state index contributed by atoms with van der Waals surface area (Å²) in [4.78, 5) is 24.5. The Morgan fingerprint density at radius 1 is 1.27 bits per heavy atom. The lowest BCUT2D eigenvalue weighted by Gasteiger charge is -2.22. The number of benzene rings is 1. The number of amides is 2. The number of anilines is 2. The molecule has 2 amide bonds. The van der Waals surface area contributed by atoms with Crippen LogP contribution in [0.1, 0.15) is 59.3 Å². The number of hydrogen-bond donors (Lipinski definition) is 5. The van der Waals surface area contributed by atoms with Crippen LogP contribution in [0, 0.1) is 11.8 Å². The number of nitrogens with one attached hydrogen (secondary N) is 1. The number of H-pyrrole nitrogens is 1. The standard InChI is InChI=1S/C17H17ClN6O.C9H15NO2/c18-11-7-10(9-2-1-3-12(9)19)13(20)6-8(11)4-5-14-15(17(22)25)16(21)24-23-14;1-3-9(11)10-6-4-5-8(10)7-12-2/h6-7H,1-3,19-20H2,(H2,22,25)(H3,21,23,24);3,8H,1,4-7H2,2H3. The maximum absolute atomic E-state index is 11.4. The lowest BCUT2D eigenvalue weighted by atomic mass is 10.0. The van der Waals surface area contributed by atoms with Gasteiger partial charge in [-0.3, -0.25) is 14.7 Å². The second kappa shape index (κ2) is 12.3. The molecular formula is C26H32ClN7O3. The molecule has 1 fully saturated rings. The number of halogens is 1. The van der Waals surface area contributed by atoms with Crippen LogP contribution in [0.25, 0.3) is 5.57 Å². The predicted molar refractivity (Wildman–Crippen MR) is 145 cm³/mol. The second-order valence-electron chi connectivity index (χ2n) is 8.74. The monoisotopic (exact) mass is 525 g/mol. The number of nitrogens with two attached hydrogens (primary N) is 4. The number of nitrogen functional groups attached to an aromatic ring is 2. The third-order valence-electron chi connectivity index (χ3n) is 6.28. The zero-order valence-corrected chi connectivity index (χ0v) is 21.5. The van der Waals surface area contributed by atoms with E-state index in [9.17, 15) is 9.59 Å². The first-order valence-electron chi connectivity index (χ1n) is 11.8. The van der Waals surface area contributed by atoms with Gasteiger partial charge in [-0.2, -0.15) is 5.10 Å². The van der Waals surface area contributed by atoms with E-state index >= 15 is 0 Å². The molecule has 1 atom stereocenters. The molecule has 2 aromatic rings. The summed E-state index contributed by atoms with van der Waals surface area (Å²) < 4.78 is 5.02. The molecule has 1 aromatic carbocycles. The first-order chi connectivity index (χ1) is 17.7. The lowest BCUT2D eigenvalue weighted by molar-refractivity contribution is -0.127. The highest BCUT2D eigenvalue weighted by molar-refractivity contribution is 6.32. The van der Waals surface area contributed by atoms with Crippen molar-refractivity contribution in [2.45, 2.75) is 38.1 Å². The van der Waals surface area contributed by atoms with Crippen molar-refractivity contribution >= 4 is 40.5 Å². The van der Waals surface area contributed by atoms with E-state index in [0.717, 1.165) is 55.5 Å². The van der Waals surface area contributed by atoms with E-state index in [2.05, 4.69) is 28.6 Å². The number of nitrogens with zero attached hydrogens (tertiary/aromatic N) is 2.